The largest absolute Gasteiger partial charge is 0.619 e. The van der Waals surface area contributed by atoms with Crippen LogP contribution in [0.15, 0.2) is 48.9 Å². The number of hydrogen-bond acceptors (Lipinski definition) is 6. The van der Waals surface area contributed by atoms with Crippen LogP contribution in [0.1, 0.15) is 39.8 Å². The minimum Gasteiger partial charge on any atom is -0.619 e. The molecule has 1 N–H and O–H groups in total. The van der Waals surface area contributed by atoms with Gasteiger partial charge >= 0.3 is 19.0 Å². The Hall–Kier alpha value is -3.20. The van der Waals surface area contributed by atoms with Crippen molar-refractivity contribution in [2.45, 2.75) is 55.8 Å². The van der Waals surface area contributed by atoms with Crippen molar-refractivity contribution in [3.05, 3.63) is 75.1 Å². The van der Waals surface area contributed by atoms with Crippen LogP contribution < -0.4 is 14.2 Å². The molecule has 1 fully saturated rings. The van der Waals surface area contributed by atoms with Crippen LogP contribution in [-0.2, 0) is 12.0 Å². The first kappa shape index (κ1) is 27.8. The van der Waals surface area contributed by atoms with Crippen LogP contribution >= 0.6 is 11.3 Å². The second-order valence-corrected chi connectivity index (χ2v) is 9.56. The van der Waals surface area contributed by atoms with E-state index < -0.39 is 35.4 Å². The van der Waals surface area contributed by atoms with Gasteiger partial charge in [0.2, 0.25) is 0 Å². The Balaban J connectivity index is 1.80. The van der Waals surface area contributed by atoms with Gasteiger partial charge in [-0.25, -0.2) is 4.98 Å². The third-order valence-corrected chi connectivity index (χ3v) is 6.90. The van der Waals surface area contributed by atoms with Crippen LogP contribution in [0.2, 0.25) is 0 Å². The molecule has 1 aromatic carbocycles. The topological polar surface area (TPSA) is 78.5 Å². The Morgan fingerprint density at radius 2 is 1.76 bits per heavy atom. The zero-order valence-electron chi connectivity index (χ0n) is 19.0. The molecule has 0 radical (unpaired) electrons. The predicted octanol–water partition coefficient (Wildman–Crippen LogP) is 5.61. The lowest BCUT2D eigenvalue weighted by Gasteiger charge is -2.30. The number of hydrogen-bond donors (Lipinski definition) is 1. The van der Waals surface area contributed by atoms with E-state index in [0.29, 0.717) is 29.3 Å². The summed E-state index contributed by atoms with van der Waals surface area (Å²) in [6, 6.07) is 6.61. The van der Waals surface area contributed by atoms with Crippen LogP contribution in [-0.4, -0.2) is 35.2 Å². The number of alkyl halides is 8. The number of thiazole rings is 1. The molecule has 0 saturated heterocycles. The van der Waals surface area contributed by atoms with Gasteiger partial charge in [0.15, 0.2) is 23.9 Å². The van der Waals surface area contributed by atoms with Crippen molar-refractivity contribution in [1.29, 1.82) is 0 Å². The van der Waals surface area contributed by atoms with Gasteiger partial charge in [-0.05, 0) is 43.0 Å². The van der Waals surface area contributed by atoms with Crippen molar-refractivity contribution in [3.8, 4) is 11.5 Å². The molecule has 0 bridgehead atoms. The first-order chi connectivity index (χ1) is 17.7. The van der Waals surface area contributed by atoms with Crippen LogP contribution in [0.3, 0.4) is 0 Å². The Morgan fingerprint density at radius 1 is 1.08 bits per heavy atom. The number of pyridine rings is 1. The Kier molecular flexibility index (Phi) is 7.45. The molecule has 0 aliphatic heterocycles. The standard InChI is InChI=1S/C23H18F8N2O4S/c24-20(25)37-16-6-3-13(9-17(16)36-14-4-5-14)15(8-12-2-1-7-33(35)11-12)19-32-10-18(38-19)21(34,22(26,27)28)23(29,30)31/h1-3,6-7,9-11,14-15,20,34H,4-5,8H2/t15-/m1/s1. The Bertz CT molecular complexity index is 1260. The number of aromatic nitrogens is 2. The lowest BCUT2D eigenvalue weighted by Crippen LogP contribution is -2.53. The van der Waals surface area contributed by atoms with Crippen LogP contribution in [0.5, 0.6) is 11.5 Å². The van der Waals surface area contributed by atoms with E-state index in [4.69, 9.17) is 4.74 Å². The molecular weight excluding hydrogens is 552 g/mol. The molecule has 3 aromatic rings. The van der Waals surface area contributed by atoms with Crippen LogP contribution in [0, 0.1) is 5.21 Å². The average Bonchev–Trinajstić information content (AvgIpc) is 3.48. The molecule has 2 aromatic heterocycles. The smallest absolute Gasteiger partial charge is 0.431 e. The van der Waals surface area contributed by atoms with Crippen molar-refractivity contribution in [3.63, 3.8) is 0 Å². The summed E-state index contributed by atoms with van der Waals surface area (Å²) in [5, 5.41) is 21.3. The second-order valence-electron chi connectivity index (χ2n) is 8.50. The highest BCUT2D eigenvalue weighted by atomic mass is 32.1. The molecule has 4 rings (SSSR count). The summed E-state index contributed by atoms with van der Waals surface area (Å²) in [5.41, 5.74) is -4.59. The van der Waals surface area contributed by atoms with Gasteiger partial charge in [-0.2, -0.15) is 39.9 Å². The minimum absolute atomic E-state index is 0.0112. The number of rotatable bonds is 9. The lowest BCUT2D eigenvalue weighted by molar-refractivity contribution is -0.605. The number of halogens is 8. The van der Waals surface area contributed by atoms with E-state index in [1.807, 2.05) is 0 Å². The molecule has 0 amide bonds. The molecule has 1 aliphatic carbocycles. The van der Waals surface area contributed by atoms with Gasteiger partial charge in [-0.3, -0.25) is 0 Å². The molecule has 6 nitrogen and oxygen atoms in total. The van der Waals surface area contributed by atoms with Crippen molar-refractivity contribution < 1.29 is 54.4 Å². The molecule has 1 atom stereocenters. The van der Waals surface area contributed by atoms with Crippen molar-refractivity contribution >= 4 is 11.3 Å². The van der Waals surface area contributed by atoms with Crippen molar-refractivity contribution in [2.75, 3.05) is 0 Å². The zero-order chi connectivity index (χ0) is 27.9. The number of nitrogens with zero attached hydrogens (tertiary/aromatic N) is 2. The normalized spacial score (nSPS) is 15.5. The molecule has 0 spiro atoms. The summed E-state index contributed by atoms with van der Waals surface area (Å²) < 4.78 is 117. The average molecular weight is 570 g/mol. The van der Waals surface area contributed by atoms with Gasteiger partial charge in [0.05, 0.1) is 11.0 Å². The van der Waals surface area contributed by atoms with Gasteiger partial charge in [-0.15, -0.1) is 11.3 Å². The van der Waals surface area contributed by atoms with Crippen molar-refractivity contribution in [1.82, 2.24) is 4.98 Å². The maximum atomic E-state index is 13.4. The molecular formula is C23H18F8N2O4S. The highest BCUT2D eigenvalue weighted by molar-refractivity contribution is 7.11. The fourth-order valence-corrected chi connectivity index (χ4v) is 4.83. The minimum atomic E-state index is -6.10. The van der Waals surface area contributed by atoms with Gasteiger partial charge < -0.3 is 19.8 Å². The molecule has 1 aliphatic rings. The third-order valence-electron chi connectivity index (χ3n) is 5.68. The summed E-state index contributed by atoms with van der Waals surface area (Å²) in [7, 11) is 0. The molecule has 15 heteroatoms. The molecule has 1 saturated carbocycles. The fraction of sp³-hybridized carbons (Fsp3) is 0.391. The number of aliphatic hydroxyl groups is 1. The monoisotopic (exact) mass is 570 g/mol. The summed E-state index contributed by atoms with van der Waals surface area (Å²) in [5.74, 6) is -1.46. The van der Waals surface area contributed by atoms with E-state index in [-0.39, 0.29) is 45.9 Å². The summed E-state index contributed by atoms with van der Waals surface area (Å²) in [6.45, 7) is -3.18. The van der Waals surface area contributed by atoms with E-state index in [0.717, 1.165) is 12.3 Å². The maximum absolute atomic E-state index is 13.4. The summed E-state index contributed by atoms with van der Waals surface area (Å²) in [4.78, 5) is 2.26. The predicted molar refractivity (Wildman–Crippen MR) is 116 cm³/mol. The first-order valence-electron chi connectivity index (χ1n) is 10.9. The molecule has 38 heavy (non-hydrogen) atoms. The quantitative estimate of drug-likeness (QED) is 0.206. The maximum Gasteiger partial charge on any atom is 0.431 e. The van der Waals surface area contributed by atoms with E-state index in [9.17, 15) is 45.4 Å². The highest BCUT2D eigenvalue weighted by Crippen LogP contribution is 2.52. The Morgan fingerprint density at radius 3 is 2.34 bits per heavy atom. The lowest BCUT2D eigenvalue weighted by atomic mass is 9.92. The highest BCUT2D eigenvalue weighted by Gasteiger charge is 2.72. The summed E-state index contributed by atoms with van der Waals surface area (Å²) in [6.07, 6.45) is -8.67. The SMILES string of the molecule is [O-][n+]1cccc(C[C@H](c2ccc(OC(F)F)c(OC3CC3)c2)c2ncc(C(O)(C(F)(F)F)C(F)(F)F)s2)c1. The third kappa shape index (κ3) is 5.77. The second kappa shape index (κ2) is 10.2. The van der Waals surface area contributed by atoms with E-state index in [1.54, 1.807) is 0 Å². The molecule has 2 heterocycles. The van der Waals surface area contributed by atoms with Gasteiger partial charge in [-0.1, -0.05) is 6.07 Å². The van der Waals surface area contributed by atoms with E-state index >= 15 is 0 Å². The van der Waals surface area contributed by atoms with Gasteiger partial charge in [0.25, 0.3) is 5.60 Å². The summed E-state index contributed by atoms with van der Waals surface area (Å²) >= 11 is -0.0112. The van der Waals surface area contributed by atoms with Crippen LogP contribution in [0.4, 0.5) is 35.1 Å². The van der Waals surface area contributed by atoms with Gasteiger partial charge in [0, 0.05) is 23.7 Å². The zero-order valence-corrected chi connectivity index (χ0v) is 19.8. The van der Waals surface area contributed by atoms with E-state index in [2.05, 4.69) is 9.72 Å². The van der Waals surface area contributed by atoms with Crippen LogP contribution in [0.25, 0.3) is 0 Å². The first-order valence-corrected chi connectivity index (χ1v) is 11.8. The van der Waals surface area contributed by atoms with E-state index in [1.165, 1.54) is 30.5 Å². The number of benzene rings is 1. The van der Waals surface area contributed by atoms with Gasteiger partial charge in [0.1, 0.15) is 5.01 Å². The Labute approximate surface area is 213 Å². The number of ether oxygens (including phenoxy) is 2. The molecule has 206 valence electrons. The fourth-order valence-electron chi connectivity index (χ4n) is 3.65. The molecule has 0 unspecified atom stereocenters. The van der Waals surface area contributed by atoms with Crippen molar-refractivity contribution in [2.24, 2.45) is 0 Å².